The van der Waals surface area contributed by atoms with Gasteiger partial charge in [0.25, 0.3) is 0 Å². The first kappa shape index (κ1) is 20.1. The Morgan fingerprint density at radius 3 is 2.29 bits per heavy atom. The van der Waals surface area contributed by atoms with Crippen LogP contribution in [0.15, 0.2) is 65.6 Å². The number of halogens is 1. The fraction of sp³-hybridized carbons (Fsp3) is 0.158. The van der Waals surface area contributed by atoms with E-state index >= 15 is 0 Å². The van der Waals surface area contributed by atoms with Crippen molar-refractivity contribution in [3.05, 3.63) is 65.7 Å². The van der Waals surface area contributed by atoms with Crippen LogP contribution in [0.1, 0.15) is 0 Å². The molecule has 3 aromatic rings. The van der Waals surface area contributed by atoms with Gasteiger partial charge in [-0.2, -0.15) is 0 Å². The Morgan fingerprint density at radius 1 is 0.964 bits per heavy atom. The van der Waals surface area contributed by atoms with E-state index in [0.717, 1.165) is 11.3 Å². The van der Waals surface area contributed by atoms with Crippen molar-refractivity contribution >= 4 is 21.6 Å². The van der Waals surface area contributed by atoms with Gasteiger partial charge >= 0.3 is 0 Å². The van der Waals surface area contributed by atoms with Gasteiger partial charge in [0.2, 0.25) is 15.9 Å². The highest BCUT2D eigenvalue weighted by atomic mass is 35.5. The summed E-state index contributed by atoms with van der Waals surface area (Å²) in [6.07, 6.45) is 0. The topological polar surface area (TPSA) is 90.4 Å². The Labute approximate surface area is 168 Å². The molecule has 0 unspecified atom stereocenters. The summed E-state index contributed by atoms with van der Waals surface area (Å²) in [6.45, 7) is 0.205. The number of rotatable bonds is 8. The van der Waals surface area contributed by atoms with Crippen LogP contribution in [0, 0.1) is 0 Å². The van der Waals surface area contributed by atoms with E-state index in [1.165, 1.54) is 24.3 Å². The number of nitrogens with zero attached hydrogens (tertiary/aromatic N) is 2. The molecule has 2 aromatic carbocycles. The van der Waals surface area contributed by atoms with Crippen LogP contribution in [-0.2, 0) is 10.0 Å². The first-order chi connectivity index (χ1) is 13.5. The zero-order valence-corrected chi connectivity index (χ0v) is 16.6. The average Bonchev–Trinajstić information content (AvgIpc) is 2.72. The molecule has 0 spiro atoms. The normalized spacial score (nSPS) is 11.2. The monoisotopic (exact) mass is 419 g/mol. The molecule has 146 valence electrons. The highest BCUT2D eigenvalue weighted by molar-refractivity contribution is 7.89. The van der Waals surface area contributed by atoms with Gasteiger partial charge < -0.3 is 9.47 Å². The predicted molar refractivity (Wildman–Crippen MR) is 106 cm³/mol. The summed E-state index contributed by atoms with van der Waals surface area (Å²) in [5.41, 5.74) is 1.59. The van der Waals surface area contributed by atoms with Crippen LogP contribution in [0.2, 0.25) is 5.02 Å². The van der Waals surface area contributed by atoms with Gasteiger partial charge in [-0.15, -0.1) is 10.2 Å². The molecule has 0 bridgehead atoms. The first-order valence-electron chi connectivity index (χ1n) is 8.34. The number of aromatic nitrogens is 2. The van der Waals surface area contributed by atoms with Crippen LogP contribution in [-0.4, -0.2) is 38.9 Å². The molecule has 0 saturated carbocycles. The second kappa shape index (κ2) is 9.01. The van der Waals surface area contributed by atoms with Crippen molar-refractivity contribution in [2.24, 2.45) is 0 Å². The van der Waals surface area contributed by atoms with Gasteiger partial charge in [-0.05, 0) is 54.6 Å². The van der Waals surface area contributed by atoms with Crippen LogP contribution in [0.5, 0.6) is 11.6 Å². The number of hydrogen-bond acceptors (Lipinski definition) is 6. The maximum Gasteiger partial charge on any atom is 0.240 e. The summed E-state index contributed by atoms with van der Waals surface area (Å²) in [4.78, 5) is 0.139. The highest BCUT2D eigenvalue weighted by Gasteiger charge is 2.13. The molecular formula is C19H18ClN3O4S. The molecular weight excluding hydrogens is 402 g/mol. The average molecular weight is 420 g/mol. The van der Waals surface area contributed by atoms with Crippen molar-refractivity contribution in [2.75, 3.05) is 20.3 Å². The minimum absolute atomic E-state index is 0.0901. The quantitative estimate of drug-likeness (QED) is 0.564. The molecule has 0 aliphatic rings. The van der Waals surface area contributed by atoms with Gasteiger partial charge in [0, 0.05) is 23.2 Å². The zero-order chi connectivity index (χ0) is 20.0. The van der Waals surface area contributed by atoms with Crippen LogP contribution in [0.3, 0.4) is 0 Å². The van der Waals surface area contributed by atoms with E-state index < -0.39 is 10.0 Å². The maximum atomic E-state index is 12.2. The van der Waals surface area contributed by atoms with Crippen molar-refractivity contribution in [1.29, 1.82) is 0 Å². The largest absolute Gasteiger partial charge is 0.497 e. The minimum atomic E-state index is -3.61. The van der Waals surface area contributed by atoms with Crippen LogP contribution in [0.25, 0.3) is 11.3 Å². The molecule has 0 amide bonds. The summed E-state index contributed by atoms with van der Waals surface area (Å²) in [5, 5.41) is 8.60. The Morgan fingerprint density at radius 2 is 1.68 bits per heavy atom. The second-order valence-electron chi connectivity index (χ2n) is 5.69. The van der Waals surface area contributed by atoms with E-state index in [0.29, 0.717) is 16.6 Å². The van der Waals surface area contributed by atoms with Crippen molar-refractivity contribution in [1.82, 2.24) is 14.9 Å². The number of sulfonamides is 1. The Bertz CT molecular complexity index is 1010. The predicted octanol–water partition coefficient (Wildman–Crippen LogP) is 3.16. The molecule has 9 heteroatoms. The van der Waals surface area contributed by atoms with Crippen molar-refractivity contribution in [3.63, 3.8) is 0 Å². The fourth-order valence-electron chi connectivity index (χ4n) is 2.34. The van der Waals surface area contributed by atoms with Crippen LogP contribution >= 0.6 is 11.6 Å². The Kier molecular flexibility index (Phi) is 6.45. The summed E-state index contributed by atoms with van der Waals surface area (Å²) in [5.74, 6) is 1.07. The van der Waals surface area contributed by atoms with E-state index in [9.17, 15) is 8.42 Å². The Balaban J connectivity index is 1.51. The highest BCUT2D eigenvalue weighted by Crippen LogP contribution is 2.21. The molecule has 7 nitrogen and oxygen atoms in total. The molecule has 0 atom stereocenters. The smallest absolute Gasteiger partial charge is 0.240 e. The second-order valence-corrected chi connectivity index (χ2v) is 7.89. The van der Waals surface area contributed by atoms with Gasteiger partial charge in [0.1, 0.15) is 12.4 Å². The van der Waals surface area contributed by atoms with E-state index in [-0.39, 0.29) is 18.0 Å². The molecule has 28 heavy (non-hydrogen) atoms. The number of benzene rings is 2. The molecule has 0 aliphatic carbocycles. The van der Waals surface area contributed by atoms with Gasteiger partial charge in [0.15, 0.2) is 0 Å². The van der Waals surface area contributed by atoms with Gasteiger partial charge in [-0.3, -0.25) is 0 Å². The van der Waals surface area contributed by atoms with Crippen LogP contribution in [0.4, 0.5) is 0 Å². The molecule has 1 N–H and O–H groups in total. The van der Waals surface area contributed by atoms with Gasteiger partial charge in [0.05, 0.1) is 17.7 Å². The van der Waals surface area contributed by atoms with E-state index in [1.807, 2.05) is 24.3 Å². The number of nitrogens with one attached hydrogen (secondary N) is 1. The SMILES string of the molecule is COc1ccc(-c2ccc(OCCNS(=O)(=O)c3ccc(Cl)cc3)nn2)cc1. The Hall–Kier alpha value is -2.68. The zero-order valence-electron chi connectivity index (χ0n) is 15.0. The van der Waals surface area contributed by atoms with Crippen molar-refractivity contribution in [2.45, 2.75) is 4.90 Å². The number of hydrogen-bond donors (Lipinski definition) is 1. The lowest BCUT2D eigenvalue weighted by Gasteiger charge is -2.08. The van der Waals surface area contributed by atoms with Gasteiger partial charge in [-0.1, -0.05) is 11.6 Å². The summed E-state index contributed by atoms with van der Waals surface area (Å²) in [6, 6.07) is 16.8. The first-order valence-corrected chi connectivity index (χ1v) is 10.2. The maximum absolute atomic E-state index is 12.2. The third-order valence-corrected chi connectivity index (χ3v) is 5.52. The lowest BCUT2D eigenvalue weighted by atomic mass is 10.1. The van der Waals surface area contributed by atoms with E-state index in [4.69, 9.17) is 21.1 Å². The standard InChI is InChI=1S/C19H18ClN3O4S/c1-26-16-6-2-14(3-7-16)18-10-11-19(23-22-18)27-13-12-21-28(24,25)17-8-4-15(20)5-9-17/h2-11,21H,12-13H2,1H3. The van der Waals surface area contributed by atoms with Crippen LogP contribution < -0.4 is 14.2 Å². The fourth-order valence-corrected chi connectivity index (χ4v) is 3.48. The van der Waals surface area contributed by atoms with Gasteiger partial charge in [-0.25, -0.2) is 13.1 Å². The molecule has 3 rings (SSSR count). The molecule has 0 fully saturated rings. The summed E-state index contributed by atoms with van der Waals surface area (Å²) in [7, 11) is -2.01. The van der Waals surface area contributed by atoms with Crippen molar-refractivity contribution < 1.29 is 17.9 Å². The number of methoxy groups -OCH3 is 1. The third-order valence-electron chi connectivity index (χ3n) is 3.79. The lowest BCUT2D eigenvalue weighted by Crippen LogP contribution is -2.28. The van der Waals surface area contributed by atoms with E-state index in [2.05, 4.69) is 14.9 Å². The molecule has 0 saturated heterocycles. The lowest BCUT2D eigenvalue weighted by molar-refractivity contribution is 0.307. The minimum Gasteiger partial charge on any atom is -0.497 e. The summed E-state index contributed by atoms with van der Waals surface area (Å²) < 4.78 is 37.3. The van der Waals surface area contributed by atoms with E-state index in [1.54, 1.807) is 19.2 Å². The molecule has 0 radical (unpaired) electrons. The molecule has 1 aromatic heterocycles. The van der Waals surface area contributed by atoms with Crippen molar-refractivity contribution in [3.8, 4) is 22.9 Å². The summed E-state index contributed by atoms with van der Waals surface area (Å²) >= 11 is 5.77. The molecule has 1 heterocycles. The third kappa shape index (κ3) is 5.19. The number of ether oxygens (including phenoxy) is 2. The molecule has 0 aliphatic heterocycles.